The second-order valence-corrected chi connectivity index (χ2v) is 7.33. The van der Waals surface area contributed by atoms with Gasteiger partial charge >= 0.3 is 0 Å². The predicted molar refractivity (Wildman–Crippen MR) is 110 cm³/mol. The van der Waals surface area contributed by atoms with Gasteiger partial charge in [0.25, 0.3) is 5.91 Å². The summed E-state index contributed by atoms with van der Waals surface area (Å²) in [6.07, 6.45) is 1.37. The average Bonchev–Trinajstić information content (AvgIpc) is 3.17. The van der Waals surface area contributed by atoms with Crippen molar-refractivity contribution >= 4 is 17.5 Å². The fourth-order valence-corrected chi connectivity index (χ4v) is 3.02. The molecule has 0 saturated carbocycles. The fourth-order valence-electron chi connectivity index (χ4n) is 2.89. The summed E-state index contributed by atoms with van der Waals surface area (Å²) < 4.78 is 5.38. The smallest absolute Gasteiger partial charge is 0.254 e. The molecule has 0 aliphatic rings. The van der Waals surface area contributed by atoms with E-state index in [0.717, 1.165) is 17.5 Å². The van der Waals surface area contributed by atoms with Gasteiger partial charge in [-0.05, 0) is 56.7 Å². The number of benzene rings is 2. The molecule has 2 aromatic carbocycles. The summed E-state index contributed by atoms with van der Waals surface area (Å²) in [5.41, 5.74) is 2.67. The van der Waals surface area contributed by atoms with Gasteiger partial charge in [0.1, 0.15) is 0 Å². The molecule has 1 unspecified atom stereocenters. The van der Waals surface area contributed by atoms with Crippen LogP contribution in [0.2, 0.25) is 5.02 Å². The molecule has 0 spiro atoms. The second kappa shape index (κ2) is 9.02. The summed E-state index contributed by atoms with van der Waals surface area (Å²) in [7, 11) is 0. The van der Waals surface area contributed by atoms with Gasteiger partial charge in [-0.3, -0.25) is 4.79 Å². The van der Waals surface area contributed by atoms with Crippen molar-refractivity contribution < 1.29 is 9.32 Å². The Morgan fingerprint density at radius 2 is 1.82 bits per heavy atom. The van der Waals surface area contributed by atoms with Crippen LogP contribution < -0.4 is 0 Å². The molecular formula is C22H24ClN3O2. The van der Waals surface area contributed by atoms with E-state index in [4.69, 9.17) is 16.1 Å². The monoisotopic (exact) mass is 397 g/mol. The summed E-state index contributed by atoms with van der Waals surface area (Å²) in [5.74, 6) is 1.05. The summed E-state index contributed by atoms with van der Waals surface area (Å²) in [6.45, 7) is 6.66. The van der Waals surface area contributed by atoms with E-state index in [2.05, 4.69) is 24.0 Å². The molecular weight excluding hydrogens is 374 g/mol. The fraction of sp³-hybridized carbons (Fsp3) is 0.318. The molecule has 1 heterocycles. The Balaban J connectivity index is 1.71. The van der Waals surface area contributed by atoms with Gasteiger partial charge in [-0.25, -0.2) is 0 Å². The third-order valence-electron chi connectivity index (χ3n) is 4.82. The van der Waals surface area contributed by atoms with Gasteiger partial charge in [0, 0.05) is 35.2 Å². The third kappa shape index (κ3) is 4.78. The first kappa shape index (κ1) is 20.1. The molecule has 0 radical (unpaired) electrons. The molecule has 3 rings (SSSR count). The molecule has 28 heavy (non-hydrogen) atoms. The third-order valence-corrected chi connectivity index (χ3v) is 5.07. The van der Waals surface area contributed by atoms with Crippen molar-refractivity contribution in [3.05, 3.63) is 70.6 Å². The molecule has 5 nitrogen and oxygen atoms in total. The predicted octanol–water partition coefficient (Wildman–Crippen LogP) is 5.18. The van der Waals surface area contributed by atoms with Crippen molar-refractivity contribution in [3.8, 4) is 11.4 Å². The number of rotatable bonds is 7. The zero-order valence-corrected chi connectivity index (χ0v) is 17.1. The van der Waals surface area contributed by atoms with Crippen LogP contribution >= 0.6 is 11.6 Å². The van der Waals surface area contributed by atoms with Crippen LogP contribution in [-0.2, 0) is 6.42 Å². The Bertz CT molecular complexity index is 920. The highest BCUT2D eigenvalue weighted by Gasteiger charge is 2.21. The minimum atomic E-state index is 0.0202. The number of hydrogen-bond donors (Lipinski definition) is 0. The van der Waals surface area contributed by atoms with Gasteiger partial charge in [0.2, 0.25) is 11.7 Å². The van der Waals surface area contributed by atoms with Crippen LogP contribution in [0.3, 0.4) is 0 Å². The largest absolute Gasteiger partial charge is 0.339 e. The highest BCUT2D eigenvalue weighted by Crippen LogP contribution is 2.19. The molecule has 1 atom stereocenters. The Hall–Kier alpha value is -2.66. The van der Waals surface area contributed by atoms with Gasteiger partial charge < -0.3 is 9.42 Å². The van der Waals surface area contributed by atoms with Gasteiger partial charge in [-0.15, -0.1) is 0 Å². The number of aromatic nitrogens is 2. The van der Waals surface area contributed by atoms with E-state index < -0.39 is 0 Å². The molecule has 0 fully saturated rings. The summed E-state index contributed by atoms with van der Waals surface area (Å²) in [6, 6.07) is 15.1. The van der Waals surface area contributed by atoms with Gasteiger partial charge in [-0.1, -0.05) is 41.4 Å². The molecule has 1 amide bonds. The van der Waals surface area contributed by atoms with Crippen LogP contribution in [0.5, 0.6) is 0 Å². The zero-order chi connectivity index (χ0) is 20.1. The number of carbonyl (C=O) groups is 1. The zero-order valence-electron chi connectivity index (χ0n) is 16.4. The Morgan fingerprint density at radius 3 is 2.46 bits per heavy atom. The first-order valence-corrected chi connectivity index (χ1v) is 9.82. The van der Waals surface area contributed by atoms with E-state index in [-0.39, 0.29) is 11.9 Å². The minimum absolute atomic E-state index is 0.0202. The van der Waals surface area contributed by atoms with Crippen molar-refractivity contribution in [2.75, 3.05) is 6.54 Å². The second-order valence-electron chi connectivity index (χ2n) is 6.89. The van der Waals surface area contributed by atoms with Crippen molar-refractivity contribution in [1.29, 1.82) is 0 Å². The van der Waals surface area contributed by atoms with Gasteiger partial charge in [0.15, 0.2) is 0 Å². The average molecular weight is 398 g/mol. The minimum Gasteiger partial charge on any atom is -0.339 e. The van der Waals surface area contributed by atoms with E-state index in [1.807, 2.05) is 48.2 Å². The lowest BCUT2D eigenvalue weighted by atomic mass is 10.1. The van der Waals surface area contributed by atoms with E-state index >= 15 is 0 Å². The highest BCUT2D eigenvalue weighted by molar-refractivity contribution is 6.30. The molecule has 0 bridgehead atoms. The SMILES string of the molecule is CCC(C)N(CCc1nc(-c2ccc(Cl)cc2)no1)C(=O)c1ccc(C)cc1. The number of aryl methyl sites for hydroxylation is 1. The highest BCUT2D eigenvalue weighted by atomic mass is 35.5. The molecule has 0 N–H and O–H groups in total. The molecule has 0 aliphatic carbocycles. The lowest BCUT2D eigenvalue weighted by Crippen LogP contribution is -2.39. The Kier molecular flexibility index (Phi) is 6.47. The molecule has 3 aromatic rings. The number of halogens is 1. The quantitative estimate of drug-likeness (QED) is 0.551. The maximum Gasteiger partial charge on any atom is 0.254 e. The maximum absolute atomic E-state index is 13.0. The standard InChI is InChI=1S/C22H24ClN3O2/c1-4-16(3)26(22(27)18-7-5-15(2)6-8-18)14-13-20-24-21(25-28-20)17-9-11-19(23)12-10-17/h5-12,16H,4,13-14H2,1-3H3. The van der Waals surface area contributed by atoms with E-state index in [1.54, 1.807) is 12.1 Å². The summed E-state index contributed by atoms with van der Waals surface area (Å²) in [4.78, 5) is 19.3. The number of nitrogens with zero attached hydrogens (tertiary/aromatic N) is 3. The summed E-state index contributed by atoms with van der Waals surface area (Å²) >= 11 is 5.92. The van der Waals surface area contributed by atoms with Crippen molar-refractivity contribution in [2.45, 2.75) is 39.7 Å². The first-order valence-electron chi connectivity index (χ1n) is 9.44. The van der Waals surface area contributed by atoms with E-state index in [0.29, 0.717) is 35.3 Å². The van der Waals surface area contributed by atoms with Crippen molar-refractivity contribution in [2.24, 2.45) is 0 Å². The van der Waals surface area contributed by atoms with Crippen molar-refractivity contribution in [1.82, 2.24) is 15.0 Å². The number of carbonyl (C=O) groups excluding carboxylic acids is 1. The van der Waals surface area contributed by atoms with E-state index in [1.165, 1.54) is 0 Å². The lowest BCUT2D eigenvalue weighted by Gasteiger charge is -2.28. The first-order chi connectivity index (χ1) is 13.5. The van der Waals surface area contributed by atoms with Gasteiger partial charge in [0.05, 0.1) is 0 Å². The Labute approximate surface area is 170 Å². The number of amides is 1. The normalized spacial score (nSPS) is 12.0. The molecule has 6 heteroatoms. The van der Waals surface area contributed by atoms with Crippen LogP contribution in [-0.4, -0.2) is 33.5 Å². The molecule has 0 aliphatic heterocycles. The van der Waals surface area contributed by atoms with Crippen LogP contribution in [0.1, 0.15) is 42.1 Å². The number of hydrogen-bond acceptors (Lipinski definition) is 4. The molecule has 0 saturated heterocycles. The lowest BCUT2D eigenvalue weighted by molar-refractivity contribution is 0.0686. The van der Waals surface area contributed by atoms with Crippen LogP contribution in [0.15, 0.2) is 53.1 Å². The van der Waals surface area contributed by atoms with E-state index in [9.17, 15) is 4.79 Å². The molecule has 146 valence electrons. The molecule has 1 aromatic heterocycles. The van der Waals surface area contributed by atoms with Gasteiger partial charge in [-0.2, -0.15) is 4.98 Å². The van der Waals surface area contributed by atoms with Crippen LogP contribution in [0, 0.1) is 6.92 Å². The topological polar surface area (TPSA) is 59.2 Å². The van der Waals surface area contributed by atoms with Crippen LogP contribution in [0.25, 0.3) is 11.4 Å². The van der Waals surface area contributed by atoms with Crippen molar-refractivity contribution in [3.63, 3.8) is 0 Å². The maximum atomic E-state index is 13.0. The Morgan fingerprint density at radius 1 is 1.14 bits per heavy atom. The summed E-state index contributed by atoms with van der Waals surface area (Å²) in [5, 5.41) is 4.70. The van der Waals surface area contributed by atoms with Crippen LogP contribution in [0.4, 0.5) is 0 Å².